The van der Waals surface area contributed by atoms with Gasteiger partial charge in [-0.25, -0.2) is 4.98 Å². The van der Waals surface area contributed by atoms with Crippen molar-refractivity contribution in [2.24, 2.45) is 0 Å². The highest BCUT2D eigenvalue weighted by atomic mass is 16.5. The zero-order valence-corrected chi connectivity index (χ0v) is 17.6. The zero-order valence-electron chi connectivity index (χ0n) is 17.6. The number of likely N-dealkylation sites (N-methyl/N-ethyl adjacent to an activating group) is 1. The fourth-order valence-corrected chi connectivity index (χ4v) is 3.65. The van der Waals surface area contributed by atoms with Gasteiger partial charge in [-0.15, -0.1) is 0 Å². The van der Waals surface area contributed by atoms with Crippen LogP contribution in [0.25, 0.3) is 0 Å². The summed E-state index contributed by atoms with van der Waals surface area (Å²) in [5.74, 6) is 1.74. The van der Waals surface area contributed by atoms with Gasteiger partial charge in [-0.2, -0.15) is 0 Å². The molecule has 0 saturated carbocycles. The number of amides is 1. The molecular weight excluding hydrogens is 368 g/mol. The Bertz CT molecular complexity index is 841. The molecule has 1 atom stereocenters. The van der Waals surface area contributed by atoms with Crippen LogP contribution in [-0.2, 0) is 0 Å². The molecule has 29 heavy (non-hydrogen) atoms. The largest absolute Gasteiger partial charge is 0.497 e. The first-order chi connectivity index (χ1) is 14.0. The molecule has 1 aromatic heterocycles. The molecule has 1 aromatic carbocycles. The van der Waals surface area contributed by atoms with Crippen LogP contribution in [-0.4, -0.2) is 63.2 Å². The average Bonchev–Trinajstić information content (AvgIpc) is 3.00. The summed E-state index contributed by atoms with van der Waals surface area (Å²) in [5, 5.41) is 2.96. The first kappa shape index (κ1) is 20.9. The second kappa shape index (κ2) is 9.60. The molecule has 0 aliphatic carbocycles. The normalized spacial score (nSPS) is 17.0. The number of benzene rings is 1. The molecule has 7 heteroatoms. The lowest BCUT2D eigenvalue weighted by Gasteiger charge is -2.30. The van der Waals surface area contributed by atoms with Gasteiger partial charge in [-0.1, -0.05) is 6.42 Å². The number of pyridine rings is 1. The third-order valence-electron chi connectivity index (χ3n) is 5.36. The molecule has 0 bridgehead atoms. The van der Waals surface area contributed by atoms with Crippen LogP contribution in [0.5, 0.6) is 11.5 Å². The predicted molar refractivity (Wildman–Crippen MR) is 115 cm³/mol. The van der Waals surface area contributed by atoms with E-state index in [4.69, 9.17) is 9.47 Å². The number of anilines is 2. The van der Waals surface area contributed by atoms with Crippen molar-refractivity contribution in [3.63, 3.8) is 0 Å². The summed E-state index contributed by atoms with van der Waals surface area (Å²) in [4.78, 5) is 22.2. The molecule has 1 aliphatic heterocycles. The van der Waals surface area contributed by atoms with Crippen LogP contribution in [0, 0.1) is 0 Å². The van der Waals surface area contributed by atoms with E-state index in [0.717, 1.165) is 31.7 Å². The molecule has 1 amide bonds. The summed E-state index contributed by atoms with van der Waals surface area (Å²) in [6.07, 6.45) is 5.17. The van der Waals surface area contributed by atoms with E-state index in [1.165, 1.54) is 6.42 Å². The number of hydrogen-bond acceptors (Lipinski definition) is 6. The summed E-state index contributed by atoms with van der Waals surface area (Å²) in [6.45, 7) is 1.75. The minimum atomic E-state index is -0.206. The van der Waals surface area contributed by atoms with Crippen LogP contribution in [0.3, 0.4) is 0 Å². The quantitative estimate of drug-likeness (QED) is 0.806. The topological polar surface area (TPSA) is 66.9 Å². The van der Waals surface area contributed by atoms with Crippen molar-refractivity contribution in [1.82, 2.24) is 9.88 Å². The highest BCUT2D eigenvalue weighted by Gasteiger charge is 2.24. The predicted octanol–water partition coefficient (Wildman–Crippen LogP) is 3.27. The zero-order chi connectivity index (χ0) is 20.8. The van der Waals surface area contributed by atoms with Crippen LogP contribution in [0.15, 0.2) is 36.5 Å². The van der Waals surface area contributed by atoms with Gasteiger partial charge >= 0.3 is 0 Å². The second-order valence-corrected chi connectivity index (χ2v) is 7.45. The molecule has 2 heterocycles. The van der Waals surface area contributed by atoms with Crippen molar-refractivity contribution in [2.45, 2.75) is 25.3 Å². The van der Waals surface area contributed by atoms with Crippen LogP contribution in [0.1, 0.15) is 29.6 Å². The number of nitrogens with one attached hydrogen (secondary N) is 1. The van der Waals surface area contributed by atoms with E-state index in [9.17, 15) is 4.79 Å². The van der Waals surface area contributed by atoms with Crippen LogP contribution >= 0.6 is 0 Å². The van der Waals surface area contributed by atoms with Gasteiger partial charge < -0.3 is 24.6 Å². The van der Waals surface area contributed by atoms with Gasteiger partial charge in [0.05, 0.1) is 25.5 Å². The maximum Gasteiger partial charge on any atom is 0.259 e. The Morgan fingerprint density at radius 2 is 2.03 bits per heavy atom. The van der Waals surface area contributed by atoms with Gasteiger partial charge in [0.2, 0.25) is 0 Å². The van der Waals surface area contributed by atoms with Crippen molar-refractivity contribution in [3.8, 4) is 11.5 Å². The Morgan fingerprint density at radius 1 is 1.21 bits per heavy atom. The summed E-state index contributed by atoms with van der Waals surface area (Å²) in [6, 6.07) is 9.38. The Labute approximate surface area is 172 Å². The van der Waals surface area contributed by atoms with E-state index >= 15 is 0 Å². The van der Waals surface area contributed by atoms with Gasteiger partial charge in [-0.05, 0) is 51.2 Å². The van der Waals surface area contributed by atoms with Crippen molar-refractivity contribution >= 4 is 17.4 Å². The lowest BCUT2D eigenvalue weighted by molar-refractivity contribution is 0.102. The summed E-state index contributed by atoms with van der Waals surface area (Å²) in [5.41, 5.74) is 1.15. The molecule has 1 saturated heterocycles. The summed E-state index contributed by atoms with van der Waals surface area (Å²) in [7, 11) is 7.38. The Kier molecular flexibility index (Phi) is 6.93. The third kappa shape index (κ3) is 4.98. The van der Waals surface area contributed by atoms with Crippen LogP contribution in [0.4, 0.5) is 11.5 Å². The van der Waals surface area contributed by atoms with Gasteiger partial charge in [0.25, 0.3) is 5.91 Å². The van der Waals surface area contributed by atoms with Crippen molar-refractivity contribution in [1.29, 1.82) is 0 Å². The number of nitrogens with zero attached hydrogens (tertiary/aromatic N) is 3. The fraction of sp³-hybridized carbons (Fsp3) is 0.455. The first-order valence-corrected chi connectivity index (χ1v) is 9.93. The maximum absolute atomic E-state index is 13.1. The Morgan fingerprint density at radius 3 is 2.76 bits per heavy atom. The lowest BCUT2D eigenvalue weighted by Crippen LogP contribution is -2.40. The van der Waals surface area contributed by atoms with E-state index in [-0.39, 0.29) is 5.91 Å². The minimum absolute atomic E-state index is 0.206. The average molecular weight is 399 g/mol. The molecule has 1 fully saturated rings. The van der Waals surface area contributed by atoms with Crippen LogP contribution < -0.4 is 19.7 Å². The third-order valence-corrected chi connectivity index (χ3v) is 5.36. The van der Waals surface area contributed by atoms with E-state index in [2.05, 4.69) is 34.2 Å². The SMILES string of the molecule is COc1ccc(NC(=O)c2cccnc2N2CCCCC(N(C)C)C2)c(OC)c1. The van der Waals surface area contributed by atoms with Gasteiger partial charge in [-0.3, -0.25) is 4.79 Å². The monoisotopic (exact) mass is 398 g/mol. The number of hydrogen-bond donors (Lipinski definition) is 1. The van der Waals surface area contributed by atoms with E-state index in [1.54, 1.807) is 44.7 Å². The number of carbonyl (C=O) groups is 1. The molecule has 1 aliphatic rings. The molecule has 0 radical (unpaired) electrons. The number of methoxy groups -OCH3 is 2. The number of carbonyl (C=O) groups excluding carboxylic acids is 1. The maximum atomic E-state index is 13.1. The van der Waals surface area contributed by atoms with Crippen molar-refractivity contribution < 1.29 is 14.3 Å². The Hall–Kier alpha value is -2.80. The van der Waals surface area contributed by atoms with Crippen molar-refractivity contribution in [3.05, 3.63) is 42.1 Å². The highest BCUT2D eigenvalue weighted by molar-refractivity contribution is 6.08. The number of rotatable bonds is 6. The molecule has 156 valence electrons. The van der Waals surface area contributed by atoms with Gasteiger partial charge in [0.15, 0.2) is 0 Å². The van der Waals surface area contributed by atoms with Gasteiger partial charge in [0.1, 0.15) is 17.3 Å². The molecule has 7 nitrogen and oxygen atoms in total. The highest BCUT2D eigenvalue weighted by Crippen LogP contribution is 2.30. The molecule has 2 aromatic rings. The molecular formula is C22H30N4O3. The first-order valence-electron chi connectivity index (χ1n) is 9.93. The lowest BCUT2D eigenvalue weighted by atomic mass is 10.1. The smallest absolute Gasteiger partial charge is 0.259 e. The molecule has 3 rings (SSSR count). The van der Waals surface area contributed by atoms with E-state index in [0.29, 0.717) is 28.8 Å². The van der Waals surface area contributed by atoms with Crippen LogP contribution in [0.2, 0.25) is 0 Å². The summed E-state index contributed by atoms with van der Waals surface area (Å²) < 4.78 is 10.6. The fourth-order valence-electron chi connectivity index (χ4n) is 3.65. The number of aromatic nitrogens is 1. The van der Waals surface area contributed by atoms with E-state index in [1.807, 2.05) is 6.07 Å². The Balaban J connectivity index is 1.85. The minimum Gasteiger partial charge on any atom is -0.497 e. The standard InChI is InChI=1S/C22H30N4O3/c1-25(2)16-8-5-6-13-26(15-16)21-18(9-7-12-23-21)22(27)24-19-11-10-17(28-3)14-20(19)29-4/h7,9-12,14,16H,5-6,8,13,15H2,1-4H3,(H,24,27). The molecule has 0 spiro atoms. The molecule has 1 N–H and O–H groups in total. The van der Waals surface area contributed by atoms with Gasteiger partial charge in [0, 0.05) is 31.4 Å². The summed E-state index contributed by atoms with van der Waals surface area (Å²) >= 11 is 0. The van der Waals surface area contributed by atoms with E-state index < -0.39 is 0 Å². The number of ether oxygens (including phenoxy) is 2. The van der Waals surface area contributed by atoms with Crippen molar-refractivity contribution in [2.75, 3.05) is 51.6 Å². The second-order valence-electron chi connectivity index (χ2n) is 7.45. The molecule has 1 unspecified atom stereocenters.